The largest absolute Gasteiger partial charge is 0.413 e. The Bertz CT molecular complexity index is 632. The van der Waals surface area contributed by atoms with Gasteiger partial charge in [-0.2, -0.15) is 5.26 Å². The van der Waals surface area contributed by atoms with Crippen LogP contribution >= 0.6 is 0 Å². The molecule has 0 unspecified atom stereocenters. The molecule has 2 atom stereocenters. The SMILES string of the molecule is C[C@@H]([C@H](OC/C=C/CO[Si](C)(C)C(C)(C)C)c1ccccc1)N(C)CCC#N. The van der Waals surface area contributed by atoms with Gasteiger partial charge >= 0.3 is 0 Å². The molecular weight excluding hydrogens is 364 g/mol. The number of benzene rings is 1. The van der Waals surface area contributed by atoms with E-state index in [9.17, 15) is 0 Å². The van der Waals surface area contributed by atoms with Crippen LogP contribution in [0.3, 0.4) is 0 Å². The number of likely N-dealkylation sites (N-methyl/N-ethyl adjacent to an activating group) is 1. The first kappa shape index (κ1) is 24.6. The number of ether oxygens (including phenoxy) is 1. The van der Waals surface area contributed by atoms with Gasteiger partial charge in [0.25, 0.3) is 0 Å². The van der Waals surface area contributed by atoms with Crippen molar-refractivity contribution in [3.63, 3.8) is 0 Å². The van der Waals surface area contributed by atoms with Crippen LogP contribution in [0.2, 0.25) is 18.1 Å². The van der Waals surface area contributed by atoms with Gasteiger partial charge in [0.15, 0.2) is 8.32 Å². The molecule has 0 aliphatic carbocycles. The Labute approximate surface area is 173 Å². The molecule has 28 heavy (non-hydrogen) atoms. The van der Waals surface area contributed by atoms with Crippen molar-refractivity contribution in [2.24, 2.45) is 0 Å². The molecule has 4 nitrogen and oxygen atoms in total. The smallest absolute Gasteiger partial charge is 0.192 e. The predicted octanol–water partition coefficient (Wildman–Crippen LogP) is 5.56. The van der Waals surface area contributed by atoms with Crippen molar-refractivity contribution >= 4 is 8.32 Å². The molecule has 0 spiro atoms. The van der Waals surface area contributed by atoms with E-state index < -0.39 is 8.32 Å². The molecule has 1 rings (SSSR count). The second kappa shape index (κ2) is 11.5. The zero-order valence-electron chi connectivity index (χ0n) is 18.7. The van der Waals surface area contributed by atoms with Crippen molar-refractivity contribution in [3.8, 4) is 6.07 Å². The van der Waals surface area contributed by atoms with Crippen LogP contribution in [0.25, 0.3) is 0 Å². The summed E-state index contributed by atoms with van der Waals surface area (Å²) in [6.07, 6.45) is 4.58. The maximum absolute atomic E-state index is 8.86. The molecule has 0 saturated heterocycles. The lowest BCUT2D eigenvalue weighted by Crippen LogP contribution is -2.40. The maximum Gasteiger partial charge on any atom is 0.192 e. The summed E-state index contributed by atoms with van der Waals surface area (Å²) in [5, 5.41) is 9.08. The van der Waals surface area contributed by atoms with E-state index >= 15 is 0 Å². The Morgan fingerprint density at radius 3 is 2.32 bits per heavy atom. The van der Waals surface area contributed by atoms with Gasteiger partial charge in [0.2, 0.25) is 0 Å². The van der Waals surface area contributed by atoms with Crippen LogP contribution in [-0.4, -0.2) is 46.1 Å². The monoisotopic (exact) mass is 402 g/mol. The van der Waals surface area contributed by atoms with Crippen LogP contribution in [0.1, 0.15) is 45.8 Å². The first-order valence-electron chi connectivity index (χ1n) is 10.1. The lowest BCUT2D eigenvalue weighted by atomic mass is 10.0. The maximum atomic E-state index is 8.86. The summed E-state index contributed by atoms with van der Waals surface area (Å²) in [4.78, 5) is 2.19. The van der Waals surface area contributed by atoms with Gasteiger partial charge in [-0.15, -0.1) is 0 Å². The number of hydrogen-bond acceptors (Lipinski definition) is 4. The second-order valence-electron chi connectivity index (χ2n) is 8.84. The first-order valence-corrected chi connectivity index (χ1v) is 13.0. The summed E-state index contributed by atoms with van der Waals surface area (Å²) in [6, 6.07) is 12.7. The minimum atomic E-state index is -1.71. The zero-order valence-corrected chi connectivity index (χ0v) is 19.7. The molecule has 1 aromatic rings. The van der Waals surface area contributed by atoms with Crippen LogP contribution in [0.4, 0.5) is 0 Å². The van der Waals surface area contributed by atoms with Gasteiger partial charge in [0, 0.05) is 19.0 Å². The Hall–Kier alpha value is -1.45. The van der Waals surface area contributed by atoms with Crippen molar-refractivity contribution in [2.45, 2.75) is 64.4 Å². The summed E-state index contributed by atoms with van der Waals surface area (Å²) in [5.41, 5.74) is 1.16. The quantitative estimate of drug-likeness (QED) is 0.359. The Kier molecular flexibility index (Phi) is 10.1. The molecule has 0 fully saturated rings. The third-order valence-corrected chi connectivity index (χ3v) is 10.2. The molecule has 0 aliphatic heterocycles. The molecule has 0 N–H and O–H groups in total. The normalized spacial score (nSPS) is 15.0. The minimum absolute atomic E-state index is 0.0455. The molecule has 0 aliphatic rings. The number of nitrogens with zero attached hydrogens (tertiary/aromatic N) is 2. The van der Waals surface area contributed by atoms with Crippen molar-refractivity contribution in [3.05, 3.63) is 48.0 Å². The van der Waals surface area contributed by atoms with E-state index in [-0.39, 0.29) is 17.2 Å². The van der Waals surface area contributed by atoms with Crippen LogP contribution in [0, 0.1) is 11.3 Å². The average Bonchev–Trinajstić information content (AvgIpc) is 2.64. The van der Waals surface area contributed by atoms with Crippen LogP contribution in [0.5, 0.6) is 0 Å². The average molecular weight is 403 g/mol. The molecule has 156 valence electrons. The van der Waals surface area contributed by atoms with Crippen molar-refractivity contribution in [2.75, 3.05) is 26.8 Å². The third kappa shape index (κ3) is 7.88. The van der Waals surface area contributed by atoms with Gasteiger partial charge in [0.1, 0.15) is 0 Å². The molecule has 5 heteroatoms. The molecule has 0 aromatic heterocycles. The standard InChI is InChI=1S/C23H38N2O2Si/c1-20(25(5)17-13-16-24)22(21-14-9-8-10-15-21)26-18-11-12-19-27-28(6,7)23(2,3)4/h8-12,14-15,20,22H,13,17-19H2,1-7H3/b12-11+/t20-,22-/m0/s1. The summed E-state index contributed by atoms with van der Waals surface area (Å²) in [7, 11) is 0.336. The van der Waals surface area contributed by atoms with E-state index in [0.29, 0.717) is 19.6 Å². The van der Waals surface area contributed by atoms with Crippen LogP contribution in [0.15, 0.2) is 42.5 Å². The van der Waals surface area contributed by atoms with Crippen molar-refractivity contribution in [1.82, 2.24) is 4.90 Å². The van der Waals surface area contributed by atoms with Crippen LogP contribution in [-0.2, 0) is 9.16 Å². The molecule has 0 amide bonds. The molecule has 0 heterocycles. The fraction of sp³-hybridized carbons (Fsp3) is 0.609. The van der Waals surface area contributed by atoms with Crippen molar-refractivity contribution < 1.29 is 9.16 Å². The van der Waals surface area contributed by atoms with E-state index in [2.05, 4.69) is 70.0 Å². The fourth-order valence-corrected chi connectivity index (χ4v) is 3.53. The zero-order chi connectivity index (χ0) is 21.2. The number of hydrogen-bond donors (Lipinski definition) is 0. The van der Waals surface area contributed by atoms with E-state index in [1.165, 1.54) is 0 Å². The van der Waals surface area contributed by atoms with Gasteiger partial charge in [-0.05, 0) is 37.7 Å². The summed E-state index contributed by atoms with van der Waals surface area (Å²) in [5.74, 6) is 0. The lowest BCUT2D eigenvalue weighted by Gasteiger charge is -2.35. The second-order valence-corrected chi connectivity index (χ2v) is 13.6. The first-order chi connectivity index (χ1) is 13.1. The summed E-state index contributed by atoms with van der Waals surface area (Å²) in [6.45, 7) is 15.3. The van der Waals surface area contributed by atoms with Crippen LogP contribution < -0.4 is 0 Å². The van der Waals surface area contributed by atoms with Gasteiger partial charge in [-0.1, -0.05) is 63.3 Å². The molecule has 1 aromatic carbocycles. The highest BCUT2D eigenvalue weighted by atomic mass is 28.4. The minimum Gasteiger partial charge on any atom is -0.413 e. The molecule has 0 saturated carbocycles. The van der Waals surface area contributed by atoms with E-state index in [1.54, 1.807) is 0 Å². The highest BCUT2D eigenvalue weighted by Gasteiger charge is 2.36. The Morgan fingerprint density at radius 2 is 1.75 bits per heavy atom. The van der Waals surface area contributed by atoms with Gasteiger partial charge < -0.3 is 9.16 Å². The van der Waals surface area contributed by atoms with Gasteiger partial charge in [0.05, 0.1) is 25.4 Å². The number of rotatable bonds is 11. The third-order valence-electron chi connectivity index (χ3n) is 5.72. The van der Waals surface area contributed by atoms with Crippen molar-refractivity contribution in [1.29, 1.82) is 5.26 Å². The highest BCUT2D eigenvalue weighted by Crippen LogP contribution is 2.36. The highest BCUT2D eigenvalue weighted by molar-refractivity contribution is 6.74. The summed E-state index contributed by atoms with van der Waals surface area (Å²) < 4.78 is 12.4. The Balaban J connectivity index is 2.64. The van der Waals surface area contributed by atoms with E-state index in [0.717, 1.165) is 12.1 Å². The molecule has 0 bridgehead atoms. The van der Waals surface area contributed by atoms with Gasteiger partial charge in [-0.3, -0.25) is 4.90 Å². The predicted molar refractivity (Wildman–Crippen MR) is 120 cm³/mol. The van der Waals surface area contributed by atoms with E-state index in [1.807, 2.05) is 31.3 Å². The Morgan fingerprint density at radius 1 is 1.14 bits per heavy atom. The number of nitriles is 1. The summed E-state index contributed by atoms with van der Waals surface area (Å²) >= 11 is 0. The molecule has 0 radical (unpaired) electrons. The molecular formula is C23H38N2O2Si. The van der Waals surface area contributed by atoms with E-state index in [4.69, 9.17) is 14.4 Å². The fourth-order valence-electron chi connectivity index (χ4n) is 2.59. The lowest BCUT2D eigenvalue weighted by molar-refractivity contribution is 0.0113. The van der Waals surface area contributed by atoms with Gasteiger partial charge in [-0.25, -0.2) is 0 Å². The topological polar surface area (TPSA) is 45.5 Å².